The Bertz CT molecular complexity index is 440. The molecule has 2 fully saturated rings. The molecule has 1 unspecified atom stereocenters. The first-order valence-corrected chi connectivity index (χ1v) is 6.74. The second-order valence-electron chi connectivity index (χ2n) is 5.53. The van der Waals surface area contributed by atoms with E-state index in [0.717, 1.165) is 38.0 Å². The van der Waals surface area contributed by atoms with Crippen molar-refractivity contribution in [2.24, 2.45) is 0 Å². The van der Waals surface area contributed by atoms with Crippen molar-refractivity contribution >= 4 is 0 Å². The molecule has 1 aromatic rings. The van der Waals surface area contributed by atoms with Crippen LogP contribution in [0.25, 0.3) is 0 Å². The van der Waals surface area contributed by atoms with E-state index in [0.29, 0.717) is 5.56 Å². The summed E-state index contributed by atoms with van der Waals surface area (Å²) in [6, 6.07) is 4.96. The third kappa shape index (κ3) is 2.24. The van der Waals surface area contributed by atoms with Crippen LogP contribution in [0.15, 0.2) is 18.2 Å². The molecule has 0 amide bonds. The van der Waals surface area contributed by atoms with Gasteiger partial charge in [-0.3, -0.25) is 0 Å². The van der Waals surface area contributed by atoms with Crippen LogP contribution in [-0.4, -0.2) is 18.3 Å². The summed E-state index contributed by atoms with van der Waals surface area (Å²) in [7, 11) is 0. The first kappa shape index (κ1) is 12.0. The smallest absolute Gasteiger partial charge is 0.126 e. The van der Waals surface area contributed by atoms with E-state index in [9.17, 15) is 4.39 Å². The van der Waals surface area contributed by atoms with Gasteiger partial charge >= 0.3 is 0 Å². The maximum Gasteiger partial charge on any atom is 0.126 e. The number of benzene rings is 1. The highest BCUT2D eigenvalue weighted by molar-refractivity contribution is 5.29. The number of halogens is 1. The molecule has 1 aliphatic heterocycles. The number of rotatable bonds is 2. The van der Waals surface area contributed by atoms with Gasteiger partial charge in [0.15, 0.2) is 0 Å². The summed E-state index contributed by atoms with van der Waals surface area (Å²) in [5.74, 6) is 0.597. The molecular weight excluding hydrogens is 231 g/mol. The van der Waals surface area contributed by atoms with E-state index in [1.54, 1.807) is 19.1 Å². The van der Waals surface area contributed by atoms with E-state index in [4.69, 9.17) is 9.47 Å². The molecule has 0 bridgehead atoms. The van der Waals surface area contributed by atoms with E-state index in [1.807, 2.05) is 0 Å². The fourth-order valence-corrected chi connectivity index (χ4v) is 2.89. The van der Waals surface area contributed by atoms with Gasteiger partial charge in [0.2, 0.25) is 0 Å². The van der Waals surface area contributed by atoms with E-state index in [1.165, 1.54) is 12.5 Å². The number of hydrogen-bond donors (Lipinski definition) is 0. The summed E-state index contributed by atoms with van der Waals surface area (Å²) in [5, 5.41) is 0. The van der Waals surface area contributed by atoms with E-state index in [-0.39, 0.29) is 17.5 Å². The Labute approximate surface area is 107 Å². The Balaban J connectivity index is 1.66. The van der Waals surface area contributed by atoms with Gasteiger partial charge in [-0.05, 0) is 49.9 Å². The van der Waals surface area contributed by atoms with Crippen LogP contribution in [0, 0.1) is 12.7 Å². The Morgan fingerprint density at radius 3 is 2.89 bits per heavy atom. The molecule has 1 saturated carbocycles. The lowest BCUT2D eigenvalue weighted by molar-refractivity contribution is -0.153. The van der Waals surface area contributed by atoms with Gasteiger partial charge in [-0.1, -0.05) is 0 Å². The zero-order valence-corrected chi connectivity index (χ0v) is 10.7. The lowest BCUT2D eigenvalue weighted by Gasteiger charge is -2.46. The molecule has 3 rings (SSSR count). The molecule has 1 aromatic carbocycles. The average molecular weight is 250 g/mol. The third-order valence-electron chi connectivity index (χ3n) is 4.14. The van der Waals surface area contributed by atoms with Gasteiger partial charge in [-0.25, -0.2) is 4.39 Å². The van der Waals surface area contributed by atoms with E-state index >= 15 is 0 Å². The first-order valence-electron chi connectivity index (χ1n) is 6.74. The van der Waals surface area contributed by atoms with Crippen LogP contribution >= 0.6 is 0 Å². The van der Waals surface area contributed by atoms with Crippen LogP contribution in [0.4, 0.5) is 4.39 Å². The fourth-order valence-electron chi connectivity index (χ4n) is 2.89. The molecule has 2 nitrogen and oxygen atoms in total. The van der Waals surface area contributed by atoms with Gasteiger partial charge < -0.3 is 9.47 Å². The Morgan fingerprint density at radius 1 is 1.39 bits per heavy atom. The van der Waals surface area contributed by atoms with E-state index < -0.39 is 0 Å². The molecule has 0 aromatic heterocycles. The zero-order chi connectivity index (χ0) is 12.6. The largest absolute Gasteiger partial charge is 0.490 e. The summed E-state index contributed by atoms with van der Waals surface area (Å²) in [6.07, 6.45) is 5.71. The Hall–Kier alpha value is -1.09. The highest BCUT2D eigenvalue weighted by Gasteiger charge is 2.43. The van der Waals surface area contributed by atoms with Crippen molar-refractivity contribution in [3.63, 3.8) is 0 Å². The summed E-state index contributed by atoms with van der Waals surface area (Å²) < 4.78 is 25.0. The average Bonchev–Trinajstić information content (AvgIpc) is 2.32. The summed E-state index contributed by atoms with van der Waals surface area (Å²) in [4.78, 5) is 0. The van der Waals surface area contributed by atoms with Gasteiger partial charge in [0, 0.05) is 12.8 Å². The molecule has 3 heteroatoms. The van der Waals surface area contributed by atoms with Crippen molar-refractivity contribution < 1.29 is 13.9 Å². The first-order chi connectivity index (χ1) is 8.67. The van der Waals surface area contributed by atoms with Crippen molar-refractivity contribution in [2.75, 3.05) is 6.61 Å². The van der Waals surface area contributed by atoms with E-state index in [2.05, 4.69) is 0 Å². The lowest BCUT2D eigenvalue weighted by atomic mass is 9.74. The van der Waals surface area contributed by atoms with Gasteiger partial charge in [-0.15, -0.1) is 0 Å². The van der Waals surface area contributed by atoms with Crippen molar-refractivity contribution in [3.05, 3.63) is 29.6 Å². The number of hydrogen-bond acceptors (Lipinski definition) is 2. The molecular formula is C15H19FO2. The lowest BCUT2D eigenvalue weighted by Crippen LogP contribution is -2.48. The van der Waals surface area contributed by atoms with Crippen LogP contribution in [0.2, 0.25) is 0 Å². The Kier molecular flexibility index (Phi) is 3.02. The van der Waals surface area contributed by atoms with Gasteiger partial charge in [0.25, 0.3) is 0 Å². The van der Waals surface area contributed by atoms with Gasteiger partial charge in [0.1, 0.15) is 17.7 Å². The quantitative estimate of drug-likeness (QED) is 0.798. The summed E-state index contributed by atoms with van der Waals surface area (Å²) in [6.45, 7) is 2.55. The van der Waals surface area contributed by atoms with Crippen molar-refractivity contribution in [2.45, 2.75) is 50.7 Å². The summed E-state index contributed by atoms with van der Waals surface area (Å²) in [5.41, 5.74) is 0.732. The predicted molar refractivity (Wildman–Crippen MR) is 67.3 cm³/mol. The molecule has 1 spiro atoms. The fraction of sp³-hybridized carbons (Fsp3) is 0.600. The maximum atomic E-state index is 13.2. The van der Waals surface area contributed by atoms with Crippen molar-refractivity contribution in [1.29, 1.82) is 0 Å². The highest BCUT2D eigenvalue weighted by Crippen LogP contribution is 2.43. The monoisotopic (exact) mass is 250 g/mol. The molecule has 0 radical (unpaired) electrons. The molecule has 1 heterocycles. The minimum absolute atomic E-state index is 0.0952. The molecule has 1 aliphatic carbocycles. The van der Waals surface area contributed by atoms with Crippen LogP contribution in [0.1, 0.15) is 37.7 Å². The second kappa shape index (κ2) is 4.54. The molecule has 1 saturated heterocycles. The molecule has 98 valence electrons. The van der Waals surface area contributed by atoms with Crippen LogP contribution in [0.3, 0.4) is 0 Å². The molecule has 1 atom stereocenters. The number of aryl methyl sites for hydroxylation is 1. The van der Waals surface area contributed by atoms with Crippen LogP contribution < -0.4 is 4.74 Å². The number of ether oxygens (including phenoxy) is 2. The van der Waals surface area contributed by atoms with Crippen molar-refractivity contribution in [1.82, 2.24) is 0 Å². The standard InChI is InChI=1S/C15H19FO2/c1-11-9-12(3-4-14(11)16)18-13-5-8-17-15(10-13)6-2-7-15/h3-4,9,13H,2,5-8,10H2,1H3. The summed E-state index contributed by atoms with van der Waals surface area (Å²) >= 11 is 0. The Morgan fingerprint density at radius 2 is 2.22 bits per heavy atom. The second-order valence-corrected chi connectivity index (χ2v) is 5.53. The van der Waals surface area contributed by atoms with Crippen LogP contribution in [0.5, 0.6) is 5.75 Å². The minimum Gasteiger partial charge on any atom is -0.490 e. The maximum absolute atomic E-state index is 13.2. The highest BCUT2D eigenvalue weighted by atomic mass is 19.1. The molecule has 18 heavy (non-hydrogen) atoms. The topological polar surface area (TPSA) is 18.5 Å². The zero-order valence-electron chi connectivity index (χ0n) is 10.7. The SMILES string of the molecule is Cc1cc(OC2CCOC3(CCC3)C2)ccc1F. The molecule has 0 N–H and O–H groups in total. The third-order valence-corrected chi connectivity index (χ3v) is 4.14. The minimum atomic E-state index is -0.176. The van der Waals surface area contributed by atoms with Crippen molar-refractivity contribution in [3.8, 4) is 5.75 Å². The van der Waals surface area contributed by atoms with Crippen LogP contribution in [-0.2, 0) is 4.74 Å². The normalized spacial score (nSPS) is 25.8. The van der Waals surface area contributed by atoms with Gasteiger partial charge in [0.05, 0.1) is 12.2 Å². The van der Waals surface area contributed by atoms with Gasteiger partial charge in [-0.2, -0.15) is 0 Å². The molecule has 2 aliphatic rings. The predicted octanol–water partition coefficient (Wildman–Crippen LogP) is 3.61.